The highest BCUT2D eigenvalue weighted by atomic mass is 16.5. The Balaban J connectivity index is 1.57. The average Bonchev–Trinajstić information content (AvgIpc) is 2.90. The van der Waals surface area contributed by atoms with Crippen molar-refractivity contribution in [1.82, 2.24) is 10.1 Å². The van der Waals surface area contributed by atoms with Gasteiger partial charge in [-0.2, -0.15) is 0 Å². The number of carbonyl (C=O) groups is 2. The van der Waals surface area contributed by atoms with Gasteiger partial charge in [0.1, 0.15) is 5.76 Å². The summed E-state index contributed by atoms with van der Waals surface area (Å²) in [6.45, 7) is 0. The fraction of sp³-hybridized carbons (Fsp3) is 0.643. The summed E-state index contributed by atoms with van der Waals surface area (Å²) in [5, 5.41) is 13.1. The van der Waals surface area contributed by atoms with Crippen LogP contribution in [0.4, 0.5) is 0 Å². The van der Waals surface area contributed by atoms with Crippen molar-refractivity contribution in [2.24, 2.45) is 5.92 Å². The molecule has 0 aromatic carbocycles. The number of rotatable bonds is 3. The van der Waals surface area contributed by atoms with E-state index in [-0.39, 0.29) is 18.0 Å². The summed E-state index contributed by atoms with van der Waals surface area (Å²) in [4.78, 5) is 25.5. The Kier molecular flexibility index (Phi) is 2.43. The van der Waals surface area contributed by atoms with Crippen molar-refractivity contribution in [3.8, 4) is 0 Å². The van der Waals surface area contributed by atoms with Gasteiger partial charge in [0, 0.05) is 24.1 Å². The summed E-state index contributed by atoms with van der Waals surface area (Å²) in [6, 6.07) is 1.61. The molecule has 6 heteroatoms. The van der Waals surface area contributed by atoms with Gasteiger partial charge < -0.3 is 14.5 Å². The van der Waals surface area contributed by atoms with Gasteiger partial charge >= 0.3 is 5.97 Å². The minimum Gasteiger partial charge on any atom is -0.481 e. The molecule has 2 bridgehead atoms. The minimum atomic E-state index is -0.797. The largest absolute Gasteiger partial charge is 0.481 e. The molecule has 106 valence electrons. The predicted octanol–water partition coefficient (Wildman–Crippen LogP) is 1.63. The lowest BCUT2D eigenvalue weighted by Crippen LogP contribution is -2.38. The van der Waals surface area contributed by atoms with E-state index in [1.807, 2.05) is 0 Å². The summed E-state index contributed by atoms with van der Waals surface area (Å²) in [5.41, 5.74) is 0.329. The molecule has 20 heavy (non-hydrogen) atoms. The molecule has 1 aromatic heterocycles. The van der Waals surface area contributed by atoms with Gasteiger partial charge in [-0.15, -0.1) is 0 Å². The molecule has 2 aliphatic heterocycles. The lowest BCUT2D eigenvalue weighted by atomic mass is 9.89. The highest BCUT2D eigenvalue weighted by Gasteiger charge is 2.51. The maximum absolute atomic E-state index is 12.5. The lowest BCUT2D eigenvalue weighted by Gasteiger charge is -2.21. The molecule has 1 N–H and O–H groups in total. The van der Waals surface area contributed by atoms with Crippen LogP contribution in [-0.2, 0) is 4.79 Å². The van der Waals surface area contributed by atoms with Crippen LogP contribution in [0.15, 0.2) is 10.6 Å². The third-order valence-electron chi connectivity index (χ3n) is 4.82. The molecule has 0 radical (unpaired) electrons. The molecule has 3 fully saturated rings. The monoisotopic (exact) mass is 276 g/mol. The third-order valence-corrected chi connectivity index (χ3v) is 4.82. The van der Waals surface area contributed by atoms with Crippen LogP contribution in [0.5, 0.6) is 0 Å². The Morgan fingerprint density at radius 2 is 2.10 bits per heavy atom. The summed E-state index contributed by atoms with van der Waals surface area (Å²) < 4.78 is 5.22. The second-order valence-electron chi connectivity index (χ2n) is 6.08. The zero-order chi connectivity index (χ0) is 13.9. The van der Waals surface area contributed by atoms with Crippen molar-refractivity contribution in [2.45, 2.75) is 50.1 Å². The number of nitrogens with zero attached hydrogens (tertiary/aromatic N) is 2. The van der Waals surface area contributed by atoms with E-state index in [1.165, 1.54) is 0 Å². The van der Waals surface area contributed by atoms with Crippen LogP contribution in [-0.4, -0.2) is 39.1 Å². The van der Waals surface area contributed by atoms with Gasteiger partial charge in [0.15, 0.2) is 5.69 Å². The van der Waals surface area contributed by atoms with Gasteiger partial charge in [-0.05, 0) is 32.1 Å². The quantitative estimate of drug-likeness (QED) is 0.907. The number of aliphatic carboxylic acids is 1. The number of aromatic nitrogens is 1. The average molecular weight is 276 g/mol. The van der Waals surface area contributed by atoms with Crippen LogP contribution in [0.2, 0.25) is 0 Å². The van der Waals surface area contributed by atoms with Crippen molar-refractivity contribution in [3.05, 3.63) is 17.5 Å². The molecule has 6 nitrogen and oxygen atoms in total. The first-order valence-corrected chi connectivity index (χ1v) is 7.17. The van der Waals surface area contributed by atoms with E-state index in [2.05, 4.69) is 5.16 Å². The van der Waals surface area contributed by atoms with E-state index in [1.54, 1.807) is 11.0 Å². The molecule has 3 aliphatic rings. The Hall–Kier alpha value is -1.85. The fourth-order valence-electron chi connectivity index (χ4n) is 3.65. The first-order chi connectivity index (χ1) is 9.65. The van der Waals surface area contributed by atoms with E-state index in [4.69, 9.17) is 4.52 Å². The van der Waals surface area contributed by atoms with Crippen LogP contribution < -0.4 is 0 Å². The standard InChI is InChI=1S/C14H16N2O4/c17-13(10-6-12(20-15-10)7-1-2-7)16-8-3-4-11(16)9(5-8)14(18)19/h6-9,11H,1-5H2,(H,18,19). The van der Waals surface area contributed by atoms with E-state index in [9.17, 15) is 14.7 Å². The number of hydrogen-bond donors (Lipinski definition) is 1. The van der Waals surface area contributed by atoms with Crippen molar-refractivity contribution < 1.29 is 19.2 Å². The third kappa shape index (κ3) is 1.67. The van der Waals surface area contributed by atoms with E-state index < -0.39 is 11.9 Å². The molecule has 1 amide bonds. The molecule has 1 aliphatic carbocycles. The van der Waals surface area contributed by atoms with Gasteiger partial charge in [-0.1, -0.05) is 5.16 Å². The fourth-order valence-corrected chi connectivity index (χ4v) is 3.65. The molecule has 1 saturated carbocycles. The van der Waals surface area contributed by atoms with Crippen LogP contribution in [0.25, 0.3) is 0 Å². The predicted molar refractivity (Wildman–Crippen MR) is 67.2 cm³/mol. The topological polar surface area (TPSA) is 83.6 Å². The summed E-state index contributed by atoms with van der Waals surface area (Å²) >= 11 is 0. The Morgan fingerprint density at radius 3 is 2.75 bits per heavy atom. The molecule has 3 atom stereocenters. The van der Waals surface area contributed by atoms with Gasteiger partial charge in [0.25, 0.3) is 5.91 Å². The van der Waals surface area contributed by atoms with E-state index in [0.29, 0.717) is 18.0 Å². The van der Waals surface area contributed by atoms with Gasteiger partial charge in [0.05, 0.1) is 5.92 Å². The normalized spacial score (nSPS) is 31.8. The van der Waals surface area contributed by atoms with Crippen molar-refractivity contribution in [3.63, 3.8) is 0 Å². The first-order valence-electron chi connectivity index (χ1n) is 7.17. The summed E-state index contributed by atoms with van der Waals surface area (Å²) in [5.74, 6) is -0.181. The summed E-state index contributed by atoms with van der Waals surface area (Å²) in [6.07, 6.45) is 4.44. The highest BCUT2D eigenvalue weighted by Crippen LogP contribution is 2.43. The maximum atomic E-state index is 12.5. The zero-order valence-electron chi connectivity index (χ0n) is 11.0. The van der Waals surface area contributed by atoms with Crippen molar-refractivity contribution in [2.75, 3.05) is 0 Å². The lowest BCUT2D eigenvalue weighted by molar-refractivity contribution is -0.142. The highest BCUT2D eigenvalue weighted by molar-refractivity contribution is 5.94. The van der Waals surface area contributed by atoms with Crippen LogP contribution >= 0.6 is 0 Å². The van der Waals surface area contributed by atoms with Crippen molar-refractivity contribution >= 4 is 11.9 Å². The van der Waals surface area contributed by atoms with E-state index >= 15 is 0 Å². The SMILES string of the molecule is O=C(O)C1CC2CCC1N2C(=O)c1cc(C2CC2)on1. The minimum absolute atomic E-state index is 0.0506. The molecule has 0 spiro atoms. The molecular formula is C14H16N2O4. The number of amides is 1. The Morgan fingerprint density at radius 1 is 1.30 bits per heavy atom. The van der Waals surface area contributed by atoms with Gasteiger partial charge in [-0.3, -0.25) is 9.59 Å². The molecule has 3 unspecified atom stereocenters. The molecule has 1 aromatic rings. The number of hydrogen-bond acceptors (Lipinski definition) is 4. The van der Waals surface area contributed by atoms with Crippen LogP contribution in [0, 0.1) is 5.92 Å². The molecular weight excluding hydrogens is 260 g/mol. The number of carbonyl (C=O) groups excluding carboxylic acids is 1. The zero-order valence-corrected chi connectivity index (χ0v) is 11.0. The van der Waals surface area contributed by atoms with Gasteiger partial charge in [-0.25, -0.2) is 0 Å². The first kappa shape index (κ1) is 11.9. The number of carboxylic acids is 1. The maximum Gasteiger partial charge on any atom is 0.308 e. The number of carboxylic acid groups (broad SMARTS) is 1. The smallest absolute Gasteiger partial charge is 0.308 e. The molecule has 3 heterocycles. The second-order valence-corrected chi connectivity index (χ2v) is 6.08. The molecule has 4 rings (SSSR count). The second kappa shape index (κ2) is 4.07. The Bertz CT molecular complexity index is 577. The summed E-state index contributed by atoms with van der Waals surface area (Å²) in [7, 11) is 0. The van der Waals surface area contributed by atoms with Crippen LogP contribution in [0.3, 0.4) is 0 Å². The van der Waals surface area contributed by atoms with Crippen molar-refractivity contribution in [1.29, 1.82) is 0 Å². The molecule has 2 saturated heterocycles. The number of fused-ring (bicyclic) bond motifs is 2. The van der Waals surface area contributed by atoms with Crippen LogP contribution in [0.1, 0.15) is 54.3 Å². The Labute approximate surface area is 115 Å². The van der Waals surface area contributed by atoms with E-state index in [0.717, 1.165) is 31.4 Å². The van der Waals surface area contributed by atoms with Gasteiger partial charge in [0.2, 0.25) is 0 Å².